The van der Waals surface area contributed by atoms with Crippen molar-refractivity contribution in [1.29, 1.82) is 0 Å². The van der Waals surface area contributed by atoms with Gasteiger partial charge in [-0.25, -0.2) is 9.48 Å². The van der Waals surface area contributed by atoms with Gasteiger partial charge in [-0.05, 0) is 24.4 Å². The summed E-state index contributed by atoms with van der Waals surface area (Å²) < 4.78 is 10.4. The molecule has 0 fully saturated rings. The van der Waals surface area contributed by atoms with Crippen molar-refractivity contribution in [2.75, 3.05) is 6.61 Å². The molecule has 0 amide bonds. The Hall–Kier alpha value is -1.83. The van der Waals surface area contributed by atoms with Gasteiger partial charge in [-0.1, -0.05) is 18.3 Å². The average molecular weight is 281 g/mol. The van der Waals surface area contributed by atoms with E-state index in [4.69, 9.17) is 4.74 Å². The molecule has 19 heavy (non-hydrogen) atoms. The number of esters is 1. The highest BCUT2D eigenvalue weighted by atomic mass is 32.1. The Morgan fingerprint density at radius 1 is 1.47 bits per heavy atom. The topological polar surface area (TPSA) is 82.8 Å². The molecule has 0 spiro atoms. The van der Waals surface area contributed by atoms with Crippen LogP contribution in [0, 0.1) is 0 Å². The predicted molar refractivity (Wildman–Crippen MR) is 70.0 cm³/mol. The van der Waals surface area contributed by atoms with Gasteiger partial charge >= 0.3 is 5.97 Å². The summed E-state index contributed by atoms with van der Waals surface area (Å²) in [6, 6.07) is 0. The molecule has 0 atom stereocenters. The Balaban J connectivity index is 2.40. The van der Waals surface area contributed by atoms with Crippen LogP contribution in [-0.4, -0.2) is 36.9 Å². The highest BCUT2D eigenvalue weighted by molar-refractivity contribution is 7.09. The molecule has 2 heterocycles. The summed E-state index contributed by atoms with van der Waals surface area (Å²) in [5, 5.41) is 8.16. The molecule has 0 saturated carbocycles. The third kappa shape index (κ3) is 2.62. The average Bonchev–Trinajstić information content (AvgIpc) is 2.94. The Bertz CT molecular complexity index is 590. The Morgan fingerprint density at radius 2 is 2.21 bits per heavy atom. The zero-order valence-corrected chi connectivity index (χ0v) is 12.1. The fraction of sp³-hybridized carbons (Fsp3) is 0.545. The molecule has 0 aliphatic carbocycles. The number of carbonyl (C=O) groups is 1. The van der Waals surface area contributed by atoms with E-state index in [0.29, 0.717) is 12.4 Å². The Labute approximate surface area is 114 Å². The number of carbonyl (C=O) groups excluding carboxylic acids is 1. The van der Waals surface area contributed by atoms with Crippen LogP contribution in [0.15, 0.2) is 0 Å². The zero-order chi connectivity index (χ0) is 14.0. The van der Waals surface area contributed by atoms with E-state index in [0.717, 1.165) is 10.6 Å². The smallest absolute Gasteiger partial charge is 0.378 e. The standard InChI is InChI=1S/C11H15N5O2S/c1-5-18-11(17)9-12-10(16(4)14-9)8-7(6(2)3)13-15-19-8/h6H,5H2,1-4H3. The first-order valence-electron chi connectivity index (χ1n) is 5.95. The van der Waals surface area contributed by atoms with Crippen LogP contribution in [0.2, 0.25) is 0 Å². The monoisotopic (exact) mass is 281 g/mol. The Morgan fingerprint density at radius 3 is 2.84 bits per heavy atom. The maximum Gasteiger partial charge on any atom is 0.378 e. The van der Waals surface area contributed by atoms with Gasteiger partial charge < -0.3 is 4.74 Å². The van der Waals surface area contributed by atoms with E-state index < -0.39 is 5.97 Å². The van der Waals surface area contributed by atoms with Gasteiger partial charge in [-0.15, -0.1) is 10.2 Å². The number of aryl methyl sites for hydroxylation is 1. The minimum atomic E-state index is -0.520. The first-order valence-corrected chi connectivity index (χ1v) is 6.72. The summed E-state index contributed by atoms with van der Waals surface area (Å²) in [4.78, 5) is 16.7. The maximum atomic E-state index is 11.6. The van der Waals surface area contributed by atoms with E-state index >= 15 is 0 Å². The van der Waals surface area contributed by atoms with Gasteiger partial charge in [0.2, 0.25) is 0 Å². The molecule has 2 aromatic heterocycles. The summed E-state index contributed by atoms with van der Waals surface area (Å²) in [5.41, 5.74) is 0.857. The molecule has 102 valence electrons. The molecular weight excluding hydrogens is 266 g/mol. The van der Waals surface area contributed by atoms with Crippen molar-refractivity contribution in [3.05, 3.63) is 11.5 Å². The zero-order valence-electron chi connectivity index (χ0n) is 11.2. The van der Waals surface area contributed by atoms with Crippen LogP contribution in [-0.2, 0) is 11.8 Å². The van der Waals surface area contributed by atoms with Crippen LogP contribution in [0.25, 0.3) is 10.7 Å². The SMILES string of the molecule is CCOC(=O)c1nc(-c2snnc2C(C)C)n(C)n1. The van der Waals surface area contributed by atoms with Crippen molar-refractivity contribution in [3.63, 3.8) is 0 Å². The lowest BCUT2D eigenvalue weighted by molar-refractivity contribution is 0.0512. The molecule has 8 heteroatoms. The summed E-state index contributed by atoms with van der Waals surface area (Å²) in [6.07, 6.45) is 0. The fourth-order valence-corrected chi connectivity index (χ4v) is 2.43. The number of aromatic nitrogens is 5. The number of ether oxygens (including phenoxy) is 1. The van der Waals surface area contributed by atoms with Crippen molar-refractivity contribution in [2.24, 2.45) is 7.05 Å². The predicted octanol–water partition coefficient (Wildman–Crippen LogP) is 1.63. The van der Waals surface area contributed by atoms with Crippen LogP contribution in [0.3, 0.4) is 0 Å². The van der Waals surface area contributed by atoms with E-state index in [2.05, 4.69) is 19.7 Å². The largest absolute Gasteiger partial charge is 0.460 e. The summed E-state index contributed by atoms with van der Waals surface area (Å²) in [6.45, 7) is 6.10. The number of hydrogen-bond donors (Lipinski definition) is 0. The number of rotatable bonds is 4. The van der Waals surface area contributed by atoms with Crippen LogP contribution in [0.1, 0.15) is 43.0 Å². The minimum Gasteiger partial charge on any atom is -0.460 e. The van der Waals surface area contributed by atoms with E-state index in [1.165, 1.54) is 11.5 Å². The van der Waals surface area contributed by atoms with Crippen LogP contribution in [0.4, 0.5) is 0 Å². The summed E-state index contributed by atoms with van der Waals surface area (Å²) in [5.74, 6) is 0.355. The Kier molecular flexibility index (Phi) is 3.89. The molecule has 0 bridgehead atoms. The molecule has 2 aromatic rings. The molecule has 0 aliphatic heterocycles. The van der Waals surface area contributed by atoms with Gasteiger partial charge in [0.25, 0.3) is 5.82 Å². The van der Waals surface area contributed by atoms with Crippen molar-refractivity contribution < 1.29 is 9.53 Å². The van der Waals surface area contributed by atoms with Crippen molar-refractivity contribution in [1.82, 2.24) is 24.4 Å². The molecule has 7 nitrogen and oxygen atoms in total. The first kappa shape index (κ1) is 13.6. The quantitative estimate of drug-likeness (QED) is 0.792. The lowest BCUT2D eigenvalue weighted by Crippen LogP contribution is -2.07. The fourth-order valence-electron chi connectivity index (χ4n) is 1.59. The molecule has 2 rings (SSSR count). The van der Waals surface area contributed by atoms with Gasteiger partial charge in [0.05, 0.1) is 12.3 Å². The highest BCUT2D eigenvalue weighted by Crippen LogP contribution is 2.29. The molecule has 0 radical (unpaired) electrons. The summed E-state index contributed by atoms with van der Waals surface area (Å²) >= 11 is 1.25. The second-order valence-corrected chi connectivity index (χ2v) is 5.00. The van der Waals surface area contributed by atoms with Gasteiger partial charge in [0, 0.05) is 7.05 Å². The summed E-state index contributed by atoms with van der Waals surface area (Å²) in [7, 11) is 1.73. The first-order chi connectivity index (χ1) is 9.04. The van der Waals surface area contributed by atoms with Gasteiger partial charge in [0.1, 0.15) is 4.88 Å². The number of hydrogen-bond acceptors (Lipinski definition) is 7. The second kappa shape index (κ2) is 5.43. The van der Waals surface area contributed by atoms with Gasteiger partial charge in [-0.2, -0.15) is 4.98 Å². The lowest BCUT2D eigenvalue weighted by atomic mass is 10.1. The van der Waals surface area contributed by atoms with Crippen LogP contribution >= 0.6 is 11.5 Å². The van der Waals surface area contributed by atoms with E-state index in [9.17, 15) is 4.79 Å². The highest BCUT2D eigenvalue weighted by Gasteiger charge is 2.22. The lowest BCUT2D eigenvalue weighted by Gasteiger charge is -2.02. The maximum absolute atomic E-state index is 11.6. The van der Waals surface area contributed by atoms with Gasteiger partial charge in [-0.3, -0.25) is 0 Å². The van der Waals surface area contributed by atoms with Crippen molar-refractivity contribution >= 4 is 17.5 Å². The molecule has 0 unspecified atom stereocenters. The van der Waals surface area contributed by atoms with E-state index in [-0.39, 0.29) is 11.7 Å². The number of nitrogens with zero attached hydrogens (tertiary/aromatic N) is 5. The van der Waals surface area contributed by atoms with Crippen LogP contribution < -0.4 is 0 Å². The third-order valence-corrected chi connectivity index (χ3v) is 3.22. The van der Waals surface area contributed by atoms with E-state index in [1.54, 1.807) is 18.7 Å². The van der Waals surface area contributed by atoms with Crippen molar-refractivity contribution in [3.8, 4) is 10.7 Å². The minimum absolute atomic E-state index is 0.0578. The molecular formula is C11H15N5O2S. The van der Waals surface area contributed by atoms with Crippen LogP contribution in [0.5, 0.6) is 0 Å². The van der Waals surface area contributed by atoms with E-state index in [1.807, 2.05) is 13.8 Å². The van der Waals surface area contributed by atoms with Gasteiger partial charge in [0.15, 0.2) is 5.82 Å². The normalized spacial score (nSPS) is 11.0. The van der Waals surface area contributed by atoms with Crippen molar-refractivity contribution in [2.45, 2.75) is 26.7 Å². The second-order valence-electron chi connectivity index (χ2n) is 4.25. The third-order valence-electron chi connectivity index (χ3n) is 2.48. The molecule has 0 aliphatic rings. The molecule has 0 N–H and O–H groups in total. The molecule has 0 aromatic carbocycles. The molecule has 0 saturated heterocycles.